The fraction of sp³-hybridized carbons (Fsp3) is 0.250. The molecule has 0 saturated carbocycles. The van der Waals surface area contributed by atoms with Crippen molar-refractivity contribution >= 4 is 6.09 Å². The summed E-state index contributed by atoms with van der Waals surface area (Å²) in [5, 5.41) is 10.4. The Morgan fingerprint density at radius 3 is 3.11 bits per heavy atom. The van der Waals surface area contributed by atoms with Gasteiger partial charge in [0.25, 0.3) is 6.09 Å². The van der Waals surface area contributed by atoms with Crippen LogP contribution < -0.4 is 10.8 Å². The molecule has 9 heavy (non-hydrogen) atoms. The average Bonchev–Trinajstić information content (AvgIpc) is 1.88. The third-order valence-electron chi connectivity index (χ3n) is 0.866. The fourth-order valence-corrected chi connectivity index (χ4v) is 0.482. The smallest absolute Gasteiger partial charge is 0.283 e. The molecule has 0 saturated heterocycles. The first-order chi connectivity index (χ1) is 4.33. The first-order valence-electron chi connectivity index (χ1n) is 2.39. The van der Waals surface area contributed by atoms with E-state index < -0.39 is 12.3 Å². The topological polar surface area (TPSA) is 56.6 Å². The second kappa shape index (κ2) is 2.56. The van der Waals surface area contributed by atoms with E-state index in [-0.39, 0.29) is 0 Å². The summed E-state index contributed by atoms with van der Waals surface area (Å²) in [7, 11) is 0. The summed E-state index contributed by atoms with van der Waals surface area (Å²) in [4.78, 5) is 3.29. The summed E-state index contributed by atoms with van der Waals surface area (Å²) in [5.41, 5.74) is 1.78. The van der Waals surface area contributed by atoms with Gasteiger partial charge in [-0.25, -0.2) is 4.99 Å². The summed E-state index contributed by atoms with van der Waals surface area (Å²) in [6.07, 6.45) is 1.47. The number of hydroxylamine groups is 1. The number of nitrogens with zero attached hydrogens (tertiary/aromatic N) is 1. The minimum absolute atomic E-state index is 0.661. The van der Waals surface area contributed by atoms with Gasteiger partial charge in [-0.2, -0.15) is 9.87 Å². The lowest BCUT2D eigenvalue weighted by atomic mass is 10.5. The maximum atomic E-state index is 12.1. The van der Waals surface area contributed by atoms with E-state index in [1.807, 2.05) is 0 Å². The van der Waals surface area contributed by atoms with Crippen molar-refractivity contribution in [1.82, 2.24) is 10.8 Å². The number of halogens is 1. The minimum atomic E-state index is -0.705. The molecule has 0 aliphatic carbocycles. The Morgan fingerprint density at radius 1 is 1.89 bits per heavy atom. The Labute approximate surface area is 51.0 Å². The summed E-state index contributed by atoms with van der Waals surface area (Å²) >= 11 is 0. The molecule has 1 unspecified atom stereocenters. The molecule has 1 heterocycles. The lowest BCUT2D eigenvalue weighted by Crippen LogP contribution is -2.29. The van der Waals surface area contributed by atoms with Crippen LogP contribution in [0.1, 0.15) is 0 Å². The second-order valence-corrected chi connectivity index (χ2v) is 1.50. The average molecular weight is 131 g/mol. The Balaban J connectivity index is 2.55. The molecule has 0 aromatic rings. The predicted octanol–water partition coefficient (Wildman–Crippen LogP) is -0.266. The normalized spacial score (nSPS) is 25.1. The molecule has 0 fully saturated rings. The van der Waals surface area contributed by atoms with E-state index in [9.17, 15) is 4.39 Å². The van der Waals surface area contributed by atoms with E-state index in [2.05, 4.69) is 10.3 Å². The molecule has 3 N–H and O–H groups in total. The van der Waals surface area contributed by atoms with Gasteiger partial charge in [0.1, 0.15) is 6.17 Å². The number of rotatable bonds is 1. The fourth-order valence-electron chi connectivity index (χ4n) is 0.482. The largest absolute Gasteiger partial charge is 0.323 e. The van der Waals surface area contributed by atoms with Crippen LogP contribution in [-0.2, 0) is 0 Å². The van der Waals surface area contributed by atoms with Crippen LogP contribution in [0, 0.1) is 0 Å². The maximum absolute atomic E-state index is 12.1. The van der Waals surface area contributed by atoms with Gasteiger partial charge in [0, 0.05) is 6.20 Å². The van der Waals surface area contributed by atoms with Gasteiger partial charge in [-0.15, -0.1) is 0 Å². The molecule has 0 amide bonds. The van der Waals surface area contributed by atoms with Gasteiger partial charge in [-0.1, -0.05) is 0 Å². The highest BCUT2D eigenvalue weighted by Crippen LogP contribution is 1.93. The Hall–Kier alpha value is -0.940. The first kappa shape index (κ1) is 6.18. The highest BCUT2D eigenvalue weighted by Gasteiger charge is 2.05. The maximum Gasteiger partial charge on any atom is 0.283 e. The van der Waals surface area contributed by atoms with Crippen LogP contribution in [0.15, 0.2) is 17.3 Å². The molecule has 0 spiro atoms. The molecule has 0 bridgehead atoms. The molecule has 4 nitrogen and oxygen atoms in total. The van der Waals surface area contributed by atoms with Crippen molar-refractivity contribution in [3.05, 3.63) is 12.3 Å². The molecule has 1 rings (SSSR count). The zero-order valence-corrected chi connectivity index (χ0v) is 4.50. The van der Waals surface area contributed by atoms with Crippen LogP contribution in [0.2, 0.25) is 0 Å². The van der Waals surface area contributed by atoms with E-state index in [4.69, 9.17) is 5.21 Å². The summed E-state index contributed by atoms with van der Waals surface area (Å²) in [5.74, 6) is 0. The van der Waals surface area contributed by atoms with Crippen molar-refractivity contribution in [2.24, 2.45) is 4.99 Å². The minimum Gasteiger partial charge on any atom is -0.323 e. The predicted molar refractivity (Wildman–Crippen MR) is 29.5 cm³/mol. The monoisotopic (exact) mass is 131 g/mol. The van der Waals surface area contributed by atoms with Crippen molar-refractivity contribution < 1.29 is 9.60 Å². The van der Waals surface area contributed by atoms with Crippen LogP contribution in [0.4, 0.5) is 4.39 Å². The van der Waals surface area contributed by atoms with E-state index in [0.717, 1.165) is 0 Å². The van der Waals surface area contributed by atoms with Gasteiger partial charge in [0.2, 0.25) is 0 Å². The molecule has 0 aromatic carbocycles. The van der Waals surface area contributed by atoms with Crippen LogP contribution in [0.5, 0.6) is 0 Å². The number of amidine groups is 1. The third kappa shape index (κ3) is 1.48. The second-order valence-electron chi connectivity index (χ2n) is 1.50. The van der Waals surface area contributed by atoms with E-state index in [1.54, 1.807) is 5.48 Å². The number of nitrogens with one attached hydrogen (secondary N) is 2. The van der Waals surface area contributed by atoms with Gasteiger partial charge >= 0.3 is 0 Å². The Kier molecular flexibility index (Phi) is 1.76. The quantitative estimate of drug-likeness (QED) is 0.339. The summed E-state index contributed by atoms with van der Waals surface area (Å²) < 4.78 is 12.1. The first-order valence-corrected chi connectivity index (χ1v) is 2.39. The Morgan fingerprint density at radius 2 is 2.67 bits per heavy atom. The van der Waals surface area contributed by atoms with Gasteiger partial charge in [0.15, 0.2) is 0 Å². The van der Waals surface area contributed by atoms with Crippen LogP contribution >= 0.6 is 0 Å². The van der Waals surface area contributed by atoms with Crippen molar-refractivity contribution in [2.75, 3.05) is 0 Å². The van der Waals surface area contributed by atoms with Crippen LogP contribution in [0.3, 0.4) is 0 Å². The van der Waals surface area contributed by atoms with E-state index in [0.29, 0.717) is 0 Å². The van der Waals surface area contributed by atoms with E-state index >= 15 is 0 Å². The number of hydrogen-bond acceptors (Lipinski definition) is 4. The standard InChI is InChI=1S/C4H6FN3O/c5-4-6-2-1-3(7-4)8-9/h1-3,8-9H,(H,6,7). The highest BCUT2D eigenvalue weighted by molar-refractivity contribution is 5.74. The van der Waals surface area contributed by atoms with Gasteiger partial charge in [-0.05, 0) is 6.08 Å². The van der Waals surface area contributed by atoms with Crippen molar-refractivity contribution in [1.29, 1.82) is 0 Å². The van der Waals surface area contributed by atoms with Gasteiger partial charge in [-0.3, -0.25) is 0 Å². The molecule has 1 aliphatic rings. The molecular formula is C4H6FN3O. The Bertz CT molecular complexity index is 156. The molecule has 1 atom stereocenters. The van der Waals surface area contributed by atoms with Crippen molar-refractivity contribution in [2.45, 2.75) is 6.17 Å². The van der Waals surface area contributed by atoms with Crippen LogP contribution in [-0.4, -0.2) is 17.5 Å². The summed E-state index contributed by atoms with van der Waals surface area (Å²) in [6, 6.07) is 0. The van der Waals surface area contributed by atoms with Crippen LogP contribution in [0.25, 0.3) is 0 Å². The van der Waals surface area contributed by atoms with Crippen molar-refractivity contribution in [3.8, 4) is 0 Å². The number of aliphatic imine (C=N–C) groups is 1. The molecule has 50 valence electrons. The lowest BCUT2D eigenvalue weighted by molar-refractivity contribution is 0.145. The zero-order chi connectivity index (χ0) is 6.69. The highest BCUT2D eigenvalue weighted by atomic mass is 19.1. The third-order valence-corrected chi connectivity index (χ3v) is 0.866. The SMILES string of the molecule is ONC1C=CNC(F)=N1. The lowest BCUT2D eigenvalue weighted by Gasteiger charge is -2.08. The summed E-state index contributed by atoms with van der Waals surface area (Å²) in [6.45, 7) is 0. The molecule has 5 heteroatoms. The molecule has 1 aliphatic heterocycles. The van der Waals surface area contributed by atoms with Crippen molar-refractivity contribution in [3.63, 3.8) is 0 Å². The molecule has 0 radical (unpaired) electrons. The molecular weight excluding hydrogens is 125 g/mol. The zero-order valence-electron chi connectivity index (χ0n) is 4.50. The van der Waals surface area contributed by atoms with E-state index in [1.165, 1.54) is 12.3 Å². The number of hydrogen-bond donors (Lipinski definition) is 3. The van der Waals surface area contributed by atoms with Gasteiger partial charge in [0.05, 0.1) is 0 Å². The van der Waals surface area contributed by atoms with Gasteiger partial charge < -0.3 is 10.5 Å². The molecule has 0 aromatic heterocycles.